The molecule has 0 spiro atoms. The molecule has 0 bridgehead atoms. The molecule has 0 aromatic rings. The zero-order chi connectivity index (χ0) is 52.9. The van der Waals surface area contributed by atoms with Gasteiger partial charge in [0.15, 0.2) is 6.10 Å². The summed E-state index contributed by atoms with van der Waals surface area (Å²) in [5.41, 5.74) is 0. The summed E-state index contributed by atoms with van der Waals surface area (Å²) in [4.78, 5) is 38.2. The summed E-state index contributed by atoms with van der Waals surface area (Å²) in [5.74, 6) is -1.01. The minimum Gasteiger partial charge on any atom is -0.462 e. The molecule has 0 aromatic heterocycles. The van der Waals surface area contributed by atoms with Crippen LogP contribution in [0.15, 0.2) is 146 Å². The second-order valence-electron chi connectivity index (χ2n) is 18.8. The number of carbonyl (C=O) groups excluding carboxylic acids is 3. The van der Waals surface area contributed by atoms with Gasteiger partial charge in [0.05, 0.1) is 0 Å². The van der Waals surface area contributed by atoms with Crippen LogP contribution in [-0.4, -0.2) is 37.2 Å². The molecule has 0 aliphatic rings. The van der Waals surface area contributed by atoms with E-state index in [1.54, 1.807) is 0 Å². The van der Waals surface area contributed by atoms with E-state index >= 15 is 0 Å². The van der Waals surface area contributed by atoms with Crippen molar-refractivity contribution in [1.29, 1.82) is 0 Å². The van der Waals surface area contributed by atoms with Gasteiger partial charge < -0.3 is 14.2 Å². The quantitative estimate of drug-likeness (QED) is 0.0261. The largest absolute Gasteiger partial charge is 0.462 e. The van der Waals surface area contributed by atoms with Crippen LogP contribution in [0.2, 0.25) is 0 Å². The van der Waals surface area contributed by atoms with Gasteiger partial charge in [-0.1, -0.05) is 218 Å². The Labute approximate surface area is 448 Å². The normalized spacial score (nSPS) is 13.2. The lowest BCUT2D eigenvalue weighted by molar-refractivity contribution is -0.167. The number of esters is 3. The molecule has 0 amide bonds. The van der Waals surface area contributed by atoms with E-state index < -0.39 is 6.10 Å². The summed E-state index contributed by atoms with van der Waals surface area (Å²) < 4.78 is 16.8. The molecule has 0 fully saturated rings. The van der Waals surface area contributed by atoms with Gasteiger partial charge in [-0.15, -0.1) is 0 Å². The third-order valence-electron chi connectivity index (χ3n) is 11.8. The molecular formula is C67H106O6. The van der Waals surface area contributed by atoms with Gasteiger partial charge >= 0.3 is 17.9 Å². The van der Waals surface area contributed by atoms with Crippen LogP contribution in [0.1, 0.15) is 239 Å². The minimum atomic E-state index is -0.825. The van der Waals surface area contributed by atoms with Crippen molar-refractivity contribution in [3.63, 3.8) is 0 Å². The molecule has 0 saturated heterocycles. The highest BCUT2D eigenvalue weighted by atomic mass is 16.6. The van der Waals surface area contributed by atoms with Crippen molar-refractivity contribution in [3.05, 3.63) is 146 Å². The van der Waals surface area contributed by atoms with Crippen molar-refractivity contribution in [2.75, 3.05) is 13.2 Å². The number of hydrogen-bond donors (Lipinski definition) is 0. The monoisotopic (exact) mass is 1010 g/mol. The summed E-state index contributed by atoms with van der Waals surface area (Å²) in [5, 5.41) is 0. The highest BCUT2D eigenvalue weighted by Gasteiger charge is 2.19. The van der Waals surface area contributed by atoms with Gasteiger partial charge in [-0.25, -0.2) is 0 Å². The van der Waals surface area contributed by atoms with E-state index in [2.05, 4.69) is 167 Å². The van der Waals surface area contributed by atoms with Crippen LogP contribution in [-0.2, 0) is 28.6 Å². The molecule has 0 radical (unpaired) electrons. The average molecular weight is 1010 g/mol. The summed E-state index contributed by atoms with van der Waals surface area (Å²) in [6.07, 6.45) is 85.4. The van der Waals surface area contributed by atoms with Crippen molar-refractivity contribution in [3.8, 4) is 0 Å². The Bertz CT molecular complexity index is 1630. The van der Waals surface area contributed by atoms with Gasteiger partial charge in [0.2, 0.25) is 0 Å². The Morgan fingerprint density at radius 2 is 0.534 bits per heavy atom. The molecule has 6 nitrogen and oxygen atoms in total. The molecule has 410 valence electrons. The summed E-state index contributed by atoms with van der Waals surface area (Å²) >= 11 is 0. The topological polar surface area (TPSA) is 78.9 Å². The average Bonchev–Trinajstić information content (AvgIpc) is 3.39. The summed E-state index contributed by atoms with van der Waals surface area (Å²) in [7, 11) is 0. The Morgan fingerprint density at radius 3 is 0.836 bits per heavy atom. The standard InChI is InChI=1S/C67H106O6/c1-4-7-10-13-16-19-22-25-28-31-33-36-38-41-44-47-50-53-56-59-65(68)71-62-64(73-67(70)61-58-55-52-49-46-43-40-35-30-27-24-21-18-15-12-9-6-3)63-72-66(69)60-57-54-51-48-45-42-39-37-34-32-29-26-23-20-17-14-11-8-5-2/h7,10,16-21,25-30,33-34,36-37,40-45,64H,4-6,8-9,11-15,22-24,31-32,35,38-39,46-63H2,1-3H3/b10-7-,19-16-,20-17-,21-18-,28-25-,29-26-,30-27-,36-33-,37-34-,43-40-,44-41-,45-42-/t64-/m1/s1. The van der Waals surface area contributed by atoms with Crippen LogP contribution in [0.25, 0.3) is 0 Å². The zero-order valence-electron chi connectivity index (χ0n) is 46.8. The predicted octanol–water partition coefficient (Wildman–Crippen LogP) is 20.0. The third-order valence-corrected chi connectivity index (χ3v) is 11.8. The first-order valence-electron chi connectivity index (χ1n) is 29.3. The first-order valence-corrected chi connectivity index (χ1v) is 29.3. The van der Waals surface area contributed by atoms with Gasteiger partial charge in [-0.3, -0.25) is 14.4 Å². The Morgan fingerprint density at radius 1 is 0.288 bits per heavy atom. The molecule has 0 aromatic carbocycles. The van der Waals surface area contributed by atoms with Crippen molar-refractivity contribution >= 4 is 17.9 Å². The molecular weight excluding hydrogens is 901 g/mol. The Hall–Kier alpha value is -4.71. The molecule has 0 aliphatic carbocycles. The summed E-state index contributed by atoms with van der Waals surface area (Å²) in [6.45, 7) is 6.38. The number of unbranched alkanes of at least 4 members (excludes halogenated alkanes) is 16. The lowest BCUT2D eigenvalue weighted by Crippen LogP contribution is -2.30. The number of rotatable bonds is 51. The molecule has 0 N–H and O–H groups in total. The number of ether oxygens (including phenoxy) is 3. The van der Waals surface area contributed by atoms with E-state index in [1.807, 2.05) is 0 Å². The minimum absolute atomic E-state index is 0.120. The zero-order valence-corrected chi connectivity index (χ0v) is 46.8. The molecule has 73 heavy (non-hydrogen) atoms. The van der Waals surface area contributed by atoms with Crippen LogP contribution >= 0.6 is 0 Å². The molecule has 0 saturated carbocycles. The number of allylic oxidation sites excluding steroid dienone is 24. The van der Waals surface area contributed by atoms with E-state index in [-0.39, 0.29) is 37.5 Å². The predicted molar refractivity (Wildman–Crippen MR) is 315 cm³/mol. The Kier molecular flexibility index (Phi) is 56.0. The Balaban J connectivity index is 4.58. The van der Waals surface area contributed by atoms with Gasteiger partial charge in [0.25, 0.3) is 0 Å². The first-order chi connectivity index (χ1) is 36.0. The van der Waals surface area contributed by atoms with E-state index in [4.69, 9.17) is 14.2 Å². The van der Waals surface area contributed by atoms with Crippen molar-refractivity contribution in [2.24, 2.45) is 0 Å². The van der Waals surface area contributed by atoms with Crippen LogP contribution < -0.4 is 0 Å². The third kappa shape index (κ3) is 58.1. The van der Waals surface area contributed by atoms with E-state index in [0.29, 0.717) is 12.8 Å². The van der Waals surface area contributed by atoms with Crippen LogP contribution in [0.5, 0.6) is 0 Å². The molecule has 0 aliphatic heterocycles. The van der Waals surface area contributed by atoms with Gasteiger partial charge in [-0.2, -0.15) is 0 Å². The second-order valence-corrected chi connectivity index (χ2v) is 18.8. The maximum atomic E-state index is 12.9. The molecule has 1 atom stereocenters. The first kappa shape index (κ1) is 68.3. The SMILES string of the molecule is CC/C=C\C/C=C\C/C=C\C/C=C\C/C=C\CCCCCC(=O)OC[C@H](COC(=O)CCCCC/C=C\C/C=C\C/C=C\C/C=C\CCCCC)OC(=O)CCCCCC/C=C\C/C=C\C/C=C\CCCCC. The summed E-state index contributed by atoms with van der Waals surface area (Å²) in [6, 6.07) is 0. The van der Waals surface area contributed by atoms with E-state index in [9.17, 15) is 14.4 Å². The van der Waals surface area contributed by atoms with Crippen LogP contribution in [0, 0.1) is 0 Å². The molecule has 0 rings (SSSR count). The van der Waals surface area contributed by atoms with Crippen LogP contribution in [0.4, 0.5) is 0 Å². The smallest absolute Gasteiger partial charge is 0.306 e. The van der Waals surface area contributed by atoms with Gasteiger partial charge in [0.1, 0.15) is 13.2 Å². The molecule has 0 unspecified atom stereocenters. The lowest BCUT2D eigenvalue weighted by Gasteiger charge is -2.18. The fourth-order valence-electron chi connectivity index (χ4n) is 7.40. The van der Waals surface area contributed by atoms with E-state index in [0.717, 1.165) is 148 Å². The lowest BCUT2D eigenvalue weighted by atomic mass is 10.1. The van der Waals surface area contributed by atoms with Gasteiger partial charge in [0, 0.05) is 19.3 Å². The van der Waals surface area contributed by atoms with Crippen molar-refractivity contribution in [2.45, 2.75) is 245 Å². The second kappa shape index (κ2) is 59.8. The maximum absolute atomic E-state index is 12.9. The number of hydrogen-bond acceptors (Lipinski definition) is 6. The fourth-order valence-corrected chi connectivity index (χ4v) is 7.40. The maximum Gasteiger partial charge on any atom is 0.306 e. The fraction of sp³-hybridized carbons (Fsp3) is 0.597. The van der Waals surface area contributed by atoms with Crippen molar-refractivity contribution in [1.82, 2.24) is 0 Å². The van der Waals surface area contributed by atoms with Crippen LogP contribution in [0.3, 0.4) is 0 Å². The van der Waals surface area contributed by atoms with Gasteiger partial charge in [-0.05, 0) is 148 Å². The highest BCUT2D eigenvalue weighted by molar-refractivity contribution is 5.71. The number of carbonyl (C=O) groups is 3. The molecule has 6 heteroatoms. The van der Waals surface area contributed by atoms with E-state index in [1.165, 1.54) is 51.4 Å². The van der Waals surface area contributed by atoms with Crippen molar-refractivity contribution < 1.29 is 28.6 Å². The molecule has 0 heterocycles. The highest BCUT2D eigenvalue weighted by Crippen LogP contribution is 2.12.